The second kappa shape index (κ2) is 18.5. The van der Waals surface area contributed by atoms with Gasteiger partial charge in [-0.3, -0.25) is 19.4 Å². The second-order valence-electron chi connectivity index (χ2n) is 11.3. The molecule has 1 aromatic heterocycles. The minimum absolute atomic E-state index is 0.00407. The number of hydrogen-bond donors (Lipinski definition) is 4. The highest BCUT2D eigenvalue weighted by Crippen LogP contribution is 2.16. The molecule has 0 fully saturated rings. The van der Waals surface area contributed by atoms with Crippen molar-refractivity contribution in [3.8, 4) is 5.75 Å². The smallest absolute Gasteiger partial charge is 0.226 e. The number of aliphatic hydroxyl groups is 1. The van der Waals surface area contributed by atoms with Crippen LogP contribution >= 0.6 is 0 Å². The van der Waals surface area contributed by atoms with Crippen molar-refractivity contribution in [1.82, 2.24) is 20.5 Å². The van der Waals surface area contributed by atoms with E-state index >= 15 is 0 Å². The fourth-order valence-electron chi connectivity index (χ4n) is 5.29. The van der Waals surface area contributed by atoms with Gasteiger partial charge in [-0.2, -0.15) is 0 Å². The second-order valence-corrected chi connectivity index (χ2v) is 11.3. The zero-order valence-corrected chi connectivity index (χ0v) is 26.6. The molecule has 0 unspecified atom stereocenters. The van der Waals surface area contributed by atoms with Crippen molar-refractivity contribution >= 4 is 17.7 Å². The summed E-state index contributed by atoms with van der Waals surface area (Å²) >= 11 is 0. The Morgan fingerprint density at radius 3 is 2.22 bits per heavy atom. The lowest BCUT2D eigenvalue weighted by Gasteiger charge is -2.25. The molecule has 45 heavy (non-hydrogen) atoms. The Morgan fingerprint density at radius 1 is 0.911 bits per heavy atom. The van der Waals surface area contributed by atoms with Gasteiger partial charge in [-0.05, 0) is 59.4 Å². The topological polar surface area (TPSA) is 147 Å². The van der Waals surface area contributed by atoms with Gasteiger partial charge in [-0.1, -0.05) is 50.2 Å². The molecule has 3 amide bonds. The number of nitrogens with two attached hydrogens (primary N) is 1. The van der Waals surface area contributed by atoms with E-state index in [-0.39, 0.29) is 37.6 Å². The third-order valence-electron chi connectivity index (χ3n) is 7.33. The first-order valence-corrected chi connectivity index (χ1v) is 15.6. The Labute approximate surface area is 266 Å². The number of benzene rings is 2. The Bertz CT molecular complexity index is 1380. The first-order valence-electron chi connectivity index (χ1n) is 15.6. The maximum atomic E-state index is 13.4. The molecule has 242 valence electrons. The summed E-state index contributed by atoms with van der Waals surface area (Å²) in [5.74, 6) is -0.0329. The number of nitrogens with zero attached hydrogens (tertiary/aromatic N) is 2. The lowest BCUT2D eigenvalue weighted by Crippen LogP contribution is -2.49. The molecule has 0 aliphatic heterocycles. The van der Waals surface area contributed by atoms with E-state index in [1.54, 1.807) is 19.4 Å². The first-order chi connectivity index (χ1) is 21.7. The molecule has 0 spiro atoms. The van der Waals surface area contributed by atoms with E-state index in [1.165, 1.54) is 0 Å². The molecule has 0 radical (unpaired) electrons. The molecule has 10 nitrogen and oxygen atoms in total. The number of carbonyl (C=O) groups is 3. The third kappa shape index (κ3) is 12.3. The van der Waals surface area contributed by atoms with Gasteiger partial charge in [0.2, 0.25) is 17.7 Å². The van der Waals surface area contributed by atoms with Crippen molar-refractivity contribution in [1.29, 1.82) is 0 Å². The summed E-state index contributed by atoms with van der Waals surface area (Å²) in [6, 6.07) is 18.0. The number of amides is 3. The number of hydrogen-bond acceptors (Lipinski definition) is 7. The zero-order valence-electron chi connectivity index (χ0n) is 26.6. The summed E-state index contributed by atoms with van der Waals surface area (Å²) in [7, 11) is 1.62. The number of rotatable bonds is 19. The van der Waals surface area contributed by atoms with Crippen molar-refractivity contribution < 1.29 is 24.2 Å². The maximum Gasteiger partial charge on any atom is 0.226 e. The Morgan fingerprint density at radius 2 is 1.60 bits per heavy atom. The summed E-state index contributed by atoms with van der Waals surface area (Å²) in [6.07, 6.45) is 3.01. The summed E-state index contributed by atoms with van der Waals surface area (Å²) in [6.45, 7) is 6.18. The van der Waals surface area contributed by atoms with Crippen LogP contribution in [0.15, 0.2) is 66.9 Å². The van der Waals surface area contributed by atoms with E-state index in [2.05, 4.69) is 15.6 Å². The fourth-order valence-corrected chi connectivity index (χ4v) is 5.29. The van der Waals surface area contributed by atoms with Gasteiger partial charge in [-0.25, -0.2) is 0 Å². The van der Waals surface area contributed by atoms with Gasteiger partial charge in [0.25, 0.3) is 0 Å². The van der Waals surface area contributed by atoms with Gasteiger partial charge in [0.1, 0.15) is 5.75 Å². The standard InChI is InChI=1S/C35H47N5O5/c1-4-13-40(14-5-2)35(44)21-28-16-26(19-33(36)42)15-27(17-28)20-34(43)39-31(22-29-10-6-7-12-38-29)32(41)24-37-23-25-9-8-11-30(18-25)45-3/h6-12,15-18,31-32,37,41H,4-5,13-14,19-24H2,1-3H3,(H2,36,42)(H,39,43)/t31-,32+/m0/s1. The van der Waals surface area contributed by atoms with Gasteiger partial charge in [0.15, 0.2) is 0 Å². The van der Waals surface area contributed by atoms with E-state index in [1.807, 2.05) is 73.3 Å². The van der Waals surface area contributed by atoms with Gasteiger partial charge in [-0.15, -0.1) is 0 Å². The van der Waals surface area contributed by atoms with Crippen molar-refractivity contribution in [3.05, 3.63) is 94.8 Å². The first kappa shape index (κ1) is 35.2. The van der Waals surface area contributed by atoms with E-state index in [9.17, 15) is 19.5 Å². The minimum atomic E-state index is -0.904. The van der Waals surface area contributed by atoms with Crippen LogP contribution in [0.3, 0.4) is 0 Å². The number of carbonyl (C=O) groups excluding carboxylic acids is 3. The SMILES string of the molecule is CCCN(CCC)C(=O)Cc1cc(CC(N)=O)cc(CC(=O)N[C@@H](Cc2ccccn2)[C@H](O)CNCc2cccc(OC)c2)c1. The van der Waals surface area contributed by atoms with Crippen LogP contribution in [0, 0.1) is 0 Å². The summed E-state index contributed by atoms with van der Waals surface area (Å²) < 4.78 is 5.29. The molecule has 0 bridgehead atoms. The van der Waals surface area contributed by atoms with Gasteiger partial charge >= 0.3 is 0 Å². The monoisotopic (exact) mass is 617 g/mol. The molecule has 0 aliphatic carbocycles. The number of aromatic nitrogens is 1. The van der Waals surface area contributed by atoms with Crippen molar-refractivity contribution in [2.75, 3.05) is 26.7 Å². The van der Waals surface area contributed by atoms with Crippen molar-refractivity contribution in [3.63, 3.8) is 0 Å². The molecule has 0 saturated carbocycles. The normalized spacial score (nSPS) is 12.3. The Balaban J connectivity index is 1.73. The van der Waals surface area contributed by atoms with Crippen LogP contribution in [0.5, 0.6) is 5.75 Å². The van der Waals surface area contributed by atoms with Crippen LogP contribution in [0.1, 0.15) is 54.6 Å². The van der Waals surface area contributed by atoms with Crippen molar-refractivity contribution in [2.45, 2.75) is 71.1 Å². The van der Waals surface area contributed by atoms with Gasteiger partial charge in [0.05, 0.1) is 38.5 Å². The molecule has 2 atom stereocenters. The van der Waals surface area contributed by atoms with Crippen LogP contribution in [0.4, 0.5) is 0 Å². The number of primary amides is 1. The molecule has 2 aromatic carbocycles. The maximum absolute atomic E-state index is 13.4. The molecule has 3 aromatic rings. The lowest BCUT2D eigenvalue weighted by molar-refractivity contribution is -0.130. The van der Waals surface area contributed by atoms with Crippen LogP contribution in [-0.4, -0.2) is 71.6 Å². The van der Waals surface area contributed by atoms with Crippen LogP contribution in [0.25, 0.3) is 0 Å². The largest absolute Gasteiger partial charge is 0.497 e. The number of aliphatic hydroxyl groups excluding tert-OH is 1. The lowest BCUT2D eigenvalue weighted by atomic mass is 9.98. The highest BCUT2D eigenvalue weighted by molar-refractivity contribution is 5.81. The summed E-state index contributed by atoms with van der Waals surface area (Å²) in [4.78, 5) is 44.4. The number of pyridine rings is 1. The molecule has 5 N–H and O–H groups in total. The minimum Gasteiger partial charge on any atom is -0.497 e. The average Bonchev–Trinajstić information content (AvgIpc) is 3.00. The highest BCUT2D eigenvalue weighted by Gasteiger charge is 2.23. The Hall–Kier alpha value is -4.28. The number of nitrogens with one attached hydrogen (secondary N) is 2. The van der Waals surface area contributed by atoms with Crippen LogP contribution < -0.4 is 21.1 Å². The molecule has 0 saturated heterocycles. The van der Waals surface area contributed by atoms with Gasteiger partial charge < -0.3 is 31.1 Å². The molecular weight excluding hydrogens is 570 g/mol. The highest BCUT2D eigenvalue weighted by atomic mass is 16.5. The number of methoxy groups -OCH3 is 1. The van der Waals surface area contributed by atoms with Crippen LogP contribution in [-0.2, 0) is 46.6 Å². The number of ether oxygens (including phenoxy) is 1. The predicted octanol–water partition coefficient (Wildman–Crippen LogP) is 2.73. The van der Waals surface area contributed by atoms with E-state index in [0.717, 1.165) is 35.4 Å². The van der Waals surface area contributed by atoms with Crippen LogP contribution in [0.2, 0.25) is 0 Å². The Kier molecular flexibility index (Phi) is 14.5. The van der Waals surface area contributed by atoms with Gasteiger partial charge in [0, 0.05) is 44.5 Å². The van der Waals surface area contributed by atoms with Crippen molar-refractivity contribution in [2.24, 2.45) is 5.73 Å². The summed E-state index contributed by atoms with van der Waals surface area (Å²) in [5.41, 5.74) is 9.26. The molecule has 0 aliphatic rings. The molecular formula is C35H47N5O5. The van der Waals surface area contributed by atoms with E-state index in [0.29, 0.717) is 37.2 Å². The predicted molar refractivity (Wildman–Crippen MR) is 174 cm³/mol. The van der Waals surface area contributed by atoms with E-state index < -0.39 is 18.1 Å². The zero-order chi connectivity index (χ0) is 32.6. The molecule has 3 rings (SSSR count). The third-order valence-corrected chi connectivity index (χ3v) is 7.33. The van der Waals surface area contributed by atoms with E-state index in [4.69, 9.17) is 10.5 Å². The quantitative estimate of drug-likeness (QED) is 0.162. The fraction of sp³-hybridized carbons (Fsp3) is 0.429. The average molecular weight is 618 g/mol. The molecule has 1 heterocycles. The summed E-state index contributed by atoms with van der Waals surface area (Å²) in [5, 5.41) is 17.4. The molecule has 10 heteroatoms.